The van der Waals surface area contributed by atoms with Crippen LogP contribution in [0.25, 0.3) is 0 Å². The molecule has 0 saturated heterocycles. The number of esters is 1. The Morgan fingerprint density at radius 2 is 2.09 bits per heavy atom. The molecular weight excluding hydrogens is 308 g/mol. The molecule has 0 aromatic heterocycles. The minimum Gasteiger partial charge on any atom is -0.452 e. The topological polar surface area (TPSA) is 92.8 Å². The molecule has 0 spiro atoms. The summed E-state index contributed by atoms with van der Waals surface area (Å²) in [5, 5.41) is 2.35. The number of anilines is 1. The zero-order chi connectivity index (χ0) is 16.5. The molecule has 120 valence electrons. The Bertz CT molecular complexity index is 714. The lowest BCUT2D eigenvalue weighted by Gasteiger charge is -2.21. The van der Waals surface area contributed by atoms with Gasteiger partial charge >= 0.3 is 5.97 Å². The Kier molecular flexibility index (Phi) is 4.41. The monoisotopic (exact) mass is 326 g/mol. The number of hydrogen-bond acceptors (Lipinski definition) is 5. The number of nitrogens with zero attached hydrogens (tertiary/aromatic N) is 1. The van der Waals surface area contributed by atoms with Crippen molar-refractivity contribution in [3.05, 3.63) is 29.3 Å². The fourth-order valence-corrected chi connectivity index (χ4v) is 3.79. The van der Waals surface area contributed by atoms with E-state index in [0.29, 0.717) is 17.7 Å². The van der Waals surface area contributed by atoms with Gasteiger partial charge < -0.3 is 10.1 Å². The fourth-order valence-electron chi connectivity index (χ4n) is 2.52. The van der Waals surface area contributed by atoms with Gasteiger partial charge in [-0.2, -0.15) is 0 Å². The maximum atomic E-state index is 11.9. The minimum absolute atomic E-state index is 0.192. The summed E-state index contributed by atoms with van der Waals surface area (Å²) in [6, 6.07) is 4.52. The number of fused-ring (bicyclic) bond motifs is 1. The van der Waals surface area contributed by atoms with Crippen LogP contribution in [0.4, 0.5) is 5.69 Å². The molecule has 1 amide bonds. The lowest BCUT2D eigenvalue weighted by atomic mass is 10.1. The van der Waals surface area contributed by atoms with E-state index in [1.165, 1.54) is 17.4 Å². The normalized spacial score (nSPS) is 17.0. The van der Waals surface area contributed by atoms with Crippen molar-refractivity contribution in [3.8, 4) is 0 Å². The van der Waals surface area contributed by atoms with Crippen LogP contribution in [0.2, 0.25) is 0 Å². The van der Waals surface area contributed by atoms with Gasteiger partial charge in [0.1, 0.15) is 0 Å². The molecule has 1 heterocycles. The largest absolute Gasteiger partial charge is 0.452 e. The van der Waals surface area contributed by atoms with Crippen LogP contribution in [0.15, 0.2) is 18.2 Å². The van der Waals surface area contributed by atoms with Crippen LogP contribution >= 0.6 is 0 Å². The first-order valence-electron chi connectivity index (χ1n) is 6.74. The van der Waals surface area contributed by atoms with E-state index in [1.807, 2.05) is 6.92 Å². The van der Waals surface area contributed by atoms with Crippen LogP contribution in [0.5, 0.6) is 0 Å². The Labute approximate surface area is 129 Å². The number of ether oxygens (including phenoxy) is 1. The van der Waals surface area contributed by atoms with Crippen molar-refractivity contribution in [1.29, 1.82) is 0 Å². The summed E-state index contributed by atoms with van der Waals surface area (Å²) < 4.78 is 29.9. The standard InChI is InChI=1S/C14H18N2O5S/c1-9-6-11-7-10(14(18)21-8-13(17)15-2)4-5-12(11)16(9)22(3,19)20/h4-5,7,9H,6,8H2,1-3H3,(H,15,17)/t9-/m1/s1. The maximum Gasteiger partial charge on any atom is 0.338 e. The second-order valence-corrected chi connectivity index (χ2v) is 7.06. The van der Waals surface area contributed by atoms with Crippen molar-refractivity contribution in [3.63, 3.8) is 0 Å². The number of carbonyl (C=O) groups is 2. The molecule has 0 aliphatic carbocycles. The first kappa shape index (κ1) is 16.3. The van der Waals surface area contributed by atoms with Gasteiger partial charge in [0.2, 0.25) is 10.0 Å². The first-order chi connectivity index (χ1) is 10.2. The highest BCUT2D eigenvalue weighted by molar-refractivity contribution is 7.92. The molecule has 0 saturated carbocycles. The molecule has 0 bridgehead atoms. The number of nitrogens with one attached hydrogen (secondary N) is 1. The van der Waals surface area contributed by atoms with Crippen molar-refractivity contribution in [2.24, 2.45) is 0 Å². The van der Waals surface area contributed by atoms with E-state index >= 15 is 0 Å². The van der Waals surface area contributed by atoms with E-state index in [-0.39, 0.29) is 12.6 Å². The van der Waals surface area contributed by atoms with Gasteiger partial charge in [0, 0.05) is 13.1 Å². The highest BCUT2D eigenvalue weighted by atomic mass is 32.2. The summed E-state index contributed by atoms with van der Waals surface area (Å²) in [6.45, 7) is 1.46. The molecule has 1 aliphatic rings. The van der Waals surface area contributed by atoms with E-state index in [9.17, 15) is 18.0 Å². The number of sulfonamides is 1. The zero-order valence-corrected chi connectivity index (χ0v) is 13.4. The predicted octanol–water partition coefficient (Wildman–Crippen LogP) is 0.300. The fraction of sp³-hybridized carbons (Fsp3) is 0.429. The molecule has 1 aromatic carbocycles. The van der Waals surface area contributed by atoms with Gasteiger partial charge in [0.25, 0.3) is 5.91 Å². The number of carbonyl (C=O) groups excluding carboxylic acids is 2. The number of hydrogen-bond donors (Lipinski definition) is 1. The van der Waals surface area contributed by atoms with E-state index in [1.54, 1.807) is 12.1 Å². The van der Waals surface area contributed by atoms with Crippen molar-refractivity contribution >= 4 is 27.6 Å². The van der Waals surface area contributed by atoms with Crippen LogP contribution in [-0.2, 0) is 26.0 Å². The third kappa shape index (κ3) is 3.22. The molecule has 1 N–H and O–H groups in total. The molecule has 2 rings (SSSR count). The molecule has 0 unspecified atom stereocenters. The van der Waals surface area contributed by atoms with Gasteiger partial charge in [0.15, 0.2) is 6.61 Å². The average Bonchev–Trinajstić information content (AvgIpc) is 2.78. The van der Waals surface area contributed by atoms with Crippen LogP contribution in [0.1, 0.15) is 22.8 Å². The molecular formula is C14H18N2O5S. The van der Waals surface area contributed by atoms with Gasteiger partial charge in [-0.05, 0) is 37.1 Å². The van der Waals surface area contributed by atoms with E-state index < -0.39 is 21.9 Å². The third-order valence-corrected chi connectivity index (χ3v) is 4.71. The Hall–Kier alpha value is -2.09. The van der Waals surface area contributed by atoms with Crippen LogP contribution < -0.4 is 9.62 Å². The number of amides is 1. The smallest absolute Gasteiger partial charge is 0.338 e. The molecule has 0 radical (unpaired) electrons. The molecule has 22 heavy (non-hydrogen) atoms. The van der Waals surface area contributed by atoms with Crippen molar-refractivity contribution in [2.45, 2.75) is 19.4 Å². The van der Waals surface area contributed by atoms with E-state index in [4.69, 9.17) is 4.74 Å². The van der Waals surface area contributed by atoms with Gasteiger partial charge in [0.05, 0.1) is 17.5 Å². The summed E-state index contributed by atoms with van der Waals surface area (Å²) in [5.41, 5.74) is 1.65. The summed E-state index contributed by atoms with van der Waals surface area (Å²) in [7, 11) is -1.91. The second-order valence-electron chi connectivity index (χ2n) is 5.20. The Morgan fingerprint density at radius 3 is 2.68 bits per heavy atom. The summed E-state index contributed by atoms with van der Waals surface area (Å²) in [4.78, 5) is 23.0. The average molecular weight is 326 g/mol. The molecule has 1 aromatic rings. The van der Waals surface area contributed by atoms with Gasteiger partial charge in [-0.25, -0.2) is 13.2 Å². The van der Waals surface area contributed by atoms with Gasteiger partial charge in [-0.3, -0.25) is 9.10 Å². The van der Waals surface area contributed by atoms with E-state index in [2.05, 4.69) is 5.32 Å². The van der Waals surface area contributed by atoms with Gasteiger partial charge in [-0.15, -0.1) is 0 Å². The molecule has 8 heteroatoms. The zero-order valence-electron chi connectivity index (χ0n) is 12.6. The highest BCUT2D eigenvalue weighted by Crippen LogP contribution is 2.34. The maximum absolute atomic E-state index is 11.9. The quantitative estimate of drug-likeness (QED) is 0.803. The molecule has 0 fully saturated rings. The summed E-state index contributed by atoms with van der Waals surface area (Å²) >= 11 is 0. The SMILES string of the molecule is CNC(=O)COC(=O)c1ccc2c(c1)C[C@@H](C)N2S(C)(=O)=O. The van der Waals surface area contributed by atoms with Crippen LogP contribution in [-0.4, -0.2) is 46.2 Å². The summed E-state index contributed by atoms with van der Waals surface area (Å²) in [6.07, 6.45) is 1.68. The minimum atomic E-state index is -3.36. The first-order valence-corrected chi connectivity index (χ1v) is 8.59. The lowest BCUT2D eigenvalue weighted by molar-refractivity contribution is -0.123. The van der Waals surface area contributed by atoms with Crippen LogP contribution in [0, 0.1) is 0 Å². The summed E-state index contributed by atoms with van der Waals surface area (Å²) in [5.74, 6) is -1.01. The van der Waals surface area contributed by atoms with Crippen molar-refractivity contribution in [2.75, 3.05) is 24.2 Å². The number of rotatable bonds is 4. The third-order valence-electron chi connectivity index (χ3n) is 3.44. The Morgan fingerprint density at radius 1 is 1.41 bits per heavy atom. The molecule has 1 aliphatic heterocycles. The van der Waals surface area contributed by atoms with Crippen LogP contribution in [0.3, 0.4) is 0 Å². The highest BCUT2D eigenvalue weighted by Gasteiger charge is 2.32. The van der Waals surface area contributed by atoms with Crippen molar-refractivity contribution in [1.82, 2.24) is 5.32 Å². The lowest BCUT2D eigenvalue weighted by Crippen LogP contribution is -2.34. The number of benzene rings is 1. The van der Waals surface area contributed by atoms with Gasteiger partial charge in [-0.1, -0.05) is 0 Å². The van der Waals surface area contributed by atoms with E-state index in [0.717, 1.165) is 11.8 Å². The van der Waals surface area contributed by atoms with Crippen molar-refractivity contribution < 1.29 is 22.7 Å². The number of likely N-dealkylation sites (N-methyl/N-ethyl adjacent to an activating group) is 1. The molecule has 1 atom stereocenters. The molecule has 7 nitrogen and oxygen atoms in total. The second kappa shape index (κ2) is 5.96. The Balaban J connectivity index is 2.22. The predicted molar refractivity (Wildman–Crippen MR) is 81.3 cm³/mol.